The molecule has 0 bridgehead atoms. The number of rotatable bonds is 1. The van der Waals surface area contributed by atoms with Gasteiger partial charge in [-0.3, -0.25) is 0 Å². The van der Waals surface area contributed by atoms with Crippen molar-refractivity contribution in [2.24, 2.45) is 0 Å². The van der Waals surface area contributed by atoms with E-state index in [0.29, 0.717) is 16.0 Å². The zero-order chi connectivity index (χ0) is 15.2. The fourth-order valence-electron chi connectivity index (χ4n) is 1.93. The zero-order valence-electron chi connectivity index (χ0n) is 10.2. The highest BCUT2D eigenvalue weighted by Crippen LogP contribution is 2.35. The fraction of sp³-hybridized carbons (Fsp3) is 0.0714. The Morgan fingerprint density at radius 3 is 2.48 bits per heavy atom. The van der Waals surface area contributed by atoms with E-state index in [2.05, 4.69) is 4.98 Å². The molecule has 0 amide bonds. The van der Waals surface area contributed by atoms with E-state index in [1.807, 2.05) is 0 Å². The lowest BCUT2D eigenvalue weighted by Gasteiger charge is -2.07. The Labute approximate surface area is 127 Å². The van der Waals surface area contributed by atoms with Crippen LogP contribution < -0.4 is 0 Å². The third kappa shape index (κ3) is 2.84. The maximum atomic E-state index is 12.8. The fourth-order valence-corrected chi connectivity index (χ4v) is 2.32. The Balaban J connectivity index is 2.16. The first-order chi connectivity index (χ1) is 9.83. The molecule has 3 rings (SSSR count). The molecule has 0 atom stereocenters. The highest BCUT2D eigenvalue weighted by atomic mass is 35.5. The highest BCUT2D eigenvalue weighted by Gasteiger charge is 2.32. The summed E-state index contributed by atoms with van der Waals surface area (Å²) in [5.74, 6) is 0.195. The van der Waals surface area contributed by atoms with Crippen LogP contribution in [0.3, 0.4) is 0 Å². The van der Waals surface area contributed by atoms with Crippen LogP contribution in [0.4, 0.5) is 13.2 Å². The van der Waals surface area contributed by atoms with Gasteiger partial charge in [0.2, 0.25) is 0 Å². The Morgan fingerprint density at radius 1 is 1.00 bits per heavy atom. The monoisotopic (exact) mass is 331 g/mol. The Kier molecular flexibility index (Phi) is 3.34. The SMILES string of the molecule is FC(F)(F)c1cc(Cl)nc(-c2cc3cc(Cl)ccc3o2)c1. The third-order valence-electron chi connectivity index (χ3n) is 2.85. The number of hydrogen-bond acceptors (Lipinski definition) is 2. The predicted molar refractivity (Wildman–Crippen MR) is 74.5 cm³/mol. The predicted octanol–water partition coefficient (Wildman–Crippen LogP) is 5.82. The van der Waals surface area contributed by atoms with Crippen LogP contribution >= 0.6 is 23.2 Å². The summed E-state index contributed by atoms with van der Waals surface area (Å²) in [5, 5.41) is 0.927. The summed E-state index contributed by atoms with van der Waals surface area (Å²) in [5.41, 5.74) is -0.358. The van der Waals surface area contributed by atoms with Gasteiger partial charge in [0.25, 0.3) is 0 Å². The van der Waals surface area contributed by atoms with Crippen molar-refractivity contribution in [2.75, 3.05) is 0 Å². The molecular weight excluding hydrogens is 326 g/mol. The van der Waals surface area contributed by atoms with Crippen LogP contribution in [-0.2, 0) is 6.18 Å². The molecule has 2 nitrogen and oxygen atoms in total. The second-order valence-electron chi connectivity index (χ2n) is 4.35. The quantitative estimate of drug-likeness (QED) is 0.525. The van der Waals surface area contributed by atoms with Gasteiger partial charge < -0.3 is 4.42 Å². The first kappa shape index (κ1) is 14.2. The molecule has 3 aromatic rings. The summed E-state index contributed by atoms with van der Waals surface area (Å²) in [4.78, 5) is 3.87. The molecule has 1 aromatic carbocycles. The summed E-state index contributed by atoms with van der Waals surface area (Å²) in [6.07, 6.45) is -4.50. The first-order valence-electron chi connectivity index (χ1n) is 5.77. The molecule has 0 radical (unpaired) electrons. The van der Waals surface area contributed by atoms with Gasteiger partial charge in [-0.2, -0.15) is 13.2 Å². The Bertz CT molecular complexity index is 827. The van der Waals surface area contributed by atoms with Crippen molar-refractivity contribution in [1.29, 1.82) is 0 Å². The Hall–Kier alpha value is -1.72. The summed E-state index contributed by atoms with van der Waals surface area (Å²) < 4.78 is 43.8. The molecule has 0 N–H and O–H groups in total. The minimum absolute atomic E-state index is 0.0159. The normalized spacial score (nSPS) is 12.0. The molecule has 0 aliphatic carbocycles. The molecule has 0 fully saturated rings. The molecule has 0 aliphatic rings. The van der Waals surface area contributed by atoms with Gasteiger partial charge in [-0.05, 0) is 36.4 Å². The molecule has 108 valence electrons. The summed E-state index contributed by atoms with van der Waals surface area (Å²) in [6, 6.07) is 8.15. The van der Waals surface area contributed by atoms with Crippen LogP contribution in [0.2, 0.25) is 10.2 Å². The lowest BCUT2D eigenvalue weighted by atomic mass is 10.2. The smallest absolute Gasteiger partial charge is 0.416 e. The lowest BCUT2D eigenvalue weighted by molar-refractivity contribution is -0.137. The largest absolute Gasteiger partial charge is 0.454 e. The standard InChI is InChI=1S/C14H6Cl2F3NO/c15-9-1-2-11-7(3-9)4-12(21-11)10-5-8(14(17,18)19)6-13(16)20-10/h1-6H. The van der Waals surface area contributed by atoms with Gasteiger partial charge in [-0.25, -0.2) is 4.98 Å². The molecule has 2 heterocycles. The molecule has 0 saturated heterocycles. The number of benzene rings is 1. The van der Waals surface area contributed by atoms with Gasteiger partial charge in [0.05, 0.1) is 5.56 Å². The number of pyridine rings is 1. The third-order valence-corrected chi connectivity index (χ3v) is 3.28. The average molecular weight is 332 g/mol. The molecule has 0 saturated carbocycles. The molecule has 0 unspecified atom stereocenters. The van der Waals surface area contributed by atoms with Crippen molar-refractivity contribution in [3.63, 3.8) is 0 Å². The van der Waals surface area contributed by atoms with Gasteiger partial charge >= 0.3 is 6.18 Å². The zero-order valence-corrected chi connectivity index (χ0v) is 11.7. The van der Waals surface area contributed by atoms with E-state index < -0.39 is 11.7 Å². The van der Waals surface area contributed by atoms with E-state index in [9.17, 15) is 13.2 Å². The van der Waals surface area contributed by atoms with E-state index in [1.165, 1.54) is 0 Å². The second-order valence-corrected chi connectivity index (χ2v) is 5.18. The van der Waals surface area contributed by atoms with Crippen molar-refractivity contribution in [1.82, 2.24) is 4.98 Å². The number of halogens is 5. The lowest BCUT2D eigenvalue weighted by Crippen LogP contribution is -2.05. The minimum atomic E-state index is -4.50. The average Bonchev–Trinajstić information content (AvgIpc) is 2.80. The van der Waals surface area contributed by atoms with E-state index in [-0.39, 0.29) is 16.6 Å². The number of alkyl halides is 3. The van der Waals surface area contributed by atoms with Crippen LogP contribution in [0, 0.1) is 0 Å². The number of hydrogen-bond donors (Lipinski definition) is 0. The van der Waals surface area contributed by atoms with Gasteiger partial charge in [0.1, 0.15) is 16.4 Å². The molecule has 7 heteroatoms. The molecule has 0 aliphatic heterocycles. The van der Waals surface area contributed by atoms with E-state index in [4.69, 9.17) is 27.6 Å². The van der Waals surface area contributed by atoms with Crippen LogP contribution in [0.25, 0.3) is 22.4 Å². The topological polar surface area (TPSA) is 26.0 Å². The summed E-state index contributed by atoms with van der Waals surface area (Å²) >= 11 is 11.5. The van der Waals surface area contributed by atoms with Crippen molar-refractivity contribution in [3.8, 4) is 11.5 Å². The van der Waals surface area contributed by atoms with E-state index in [0.717, 1.165) is 12.1 Å². The van der Waals surface area contributed by atoms with Crippen molar-refractivity contribution in [3.05, 3.63) is 52.1 Å². The maximum absolute atomic E-state index is 12.8. The van der Waals surface area contributed by atoms with E-state index >= 15 is 0 Å². The molecule has 2 aromatic heterocycles. The Morgan fingerprint density at radius 2 is 1.76 bits per heavy atom. The van der Waals surface area contributed by atoms with Gasteiger partial charge in [0, 0.05) is 10.4 Å². The number of furan rings is 1. The molecule has 0 spiro atoms. The van der Waals surface area contributed by atoms with Gasteiger partial charge in [-0.15, -0.1) is 0 Å². The second kappa shape index (κ2) is 4.93. The van der Waals surface area contributed by atoms with Gasteiger partial charge in [0.15, 0.2) is 5.76 Å². The van der Waals surface area contributed by atoms with Crippen molar-refractivity contribution < 1.29 is 17.6 Å². The summed E-state index contributed by atoms with van der Waals surface area (Å²) in [7, 11) is 0. The van der Waals surface area contributed by atoms with Crippen LogP contribution in [0.5, 0.6) is 0 Å². The number of aromatic nitrogens is 1. The van der Waals surface area contributed by atoms with Gasteiger partial charge in [-0.1, -0.05) is 23.2 Å². The number of fused-ring (bicyclic) bond motifs is 1. The van der Waals surface area contributed by atoms with Crippen LogP contribution in [0.15, 0.2) is 40.8 Å². The van der Waals surface area contributed by atoms with E-state index in [1.54, 1.807) is 24.3 Å². The minimum Gasteiger partial charge on any atom is -0.454 e. The van der Waals surface area contributed by atoms with Crippen LogP contribution in [-0.4, -0.2) is 4.98 Å². The van der Waals surface area contributed by atoms with Crippen LogP contribution in [0.1, 0.15) is 5.56 Å². The maximum Gasteiger partial charge on any atom is 0.416 e. The van der Waals surface area contributed by atoms with Crippen molar-refractivity contribution in [2.45, 2.75) is 6.18 Å². The molecular formula is C14H6Cl2F3NO. The number of nitrogens with zero attached hydrogens (tertiary/aromatic N) is 1. The summed E-state index contributed by atoms with van der Waals surface area (Å²) in [6.45, 7) is 0. The molecule has 21 heavy (non-hydrogen) atoms. The highest BCUT2D eigenvalue weighted by molar-refractivity contribution is 6.31. The first-order valence-corrected chi connectivity index (χ1v) is 6.53. The van der Waals surface area contributed by atoms with Crippen molar-refractivity contribution >= 4 is 34.2 Å².